The molecule has 1 aromatic carbocycles. The van der Waals surface area contributed by atoms with Crippen molar-refractivity contribution in [3.05, 3.63) is 35.9 Å². The van der Waals surface area contributed by atoms with Crippen molar-refractivity contribution in [3.8, 4) is 0 Å². The van der Waals surface area contributed by atoms with Gasteiger partial charge < -0.3 is 10.6 Å². The largest absolute Gasteiger partial charge is 0.329 e. The topological polar surface area (TPSA) is 32.5 Å². The number of nitrogens with two attached hydrogens (primary N) is 1. The zero-order valence-corrected chi connectivity index (χ0v) is 12.4. The highest BCUT2D eigenvalue weighted by atomic mass is 15.3. The van der Waals surface area contributed by atoms with E-state index in [2.05, 4.69) is 61.0 Å². The van der Waals surface area contributed by atoms with Gasteiger partial charge in [0.05, 0.1) is 0 Å². The summed E-state index contributed by atoms with van der Waals surface area (Å²) in [6.07, 6.45) is 0. The molecule has 0 bridgehead atoms. The Morgan fingerprint density at radius 1 is 1.21 bits per heavy atom. The third-order valence-electron chi connectivity index (χ3n) is 4.13. The molecule has 0 aromatic heterocycles. The van der Waals surface area contributed by atoms with Crippen molar-refractivity contribution in [2.24, 2.45) is 11.7 Å². The normalized spacial score (nSPS) is 23.7. The van der Waals surface area contributed by atoms with Gasteiger partial charge in [0.2, 0.25) is 0 Å². The summed E-state index contributed by atoms with van der Waals surface area (Å²) in [6.45, 7) is 8.67. The third-order valence-corrected chi connectivity index (χ3v) is 4.13. The van der Waals surface area contributed by atoms with Gasteiger partial charge in [-0.15, -0.1) is 0 Å². The molecule has 0 saturated carbocycles. The van der Waals surface area contributed by atoms with Gasteiger partial charge in [-0.05, 0) is 18.5 Å². The second kappa shape index (κ2) is 6.51. The van der Waals surface area contributed by atoms with Gasteiger partial charge in [-0.25, -0.2) is 0 Å². The predicted molar refractivity (Wildman–Crippen MR) is 81.1 cm³/mol. The average molecular weight is 261 g/mol. The van der Waals surface area contributed by atoms with E-state index in [9.17, 15) is 0 Å². The molecule has 1 fully saturated rings. The van der Waals surface area contributed by atoms with Crippen LogP contribution >= 0.6 is 0 Å². The minimum atomic E-state index is 0.464. The van der Waals surface area contributed by atoms with Gasteiger partial charge >= 0.3 is 0 Å². The first-order chi connectivity index (χ1) is 9.13. The first-order valence-corrected chi connectivity index (χ1v) is 7.32. The molecule has 1 heterocycles. The summed E-state index contributed by atoms with van der Waals surface area (Å²) in [4.78, 5) is 5.00. The Labute approximate surface area is 117 Å². The highest BCUT2D eigenvalue weighted by Crippen LogP contribution is 2.31. The molecule has 1 aliphatic heterocycles. The van der Waals surface area contributed by atoms with Gasteiger partial charge in [0, 0.05) is 38.3 Å². The molecule has 1 aromatic rings. The molecule has 3 nitrogen and oxygen atoms in total. The van der Waals surface area contributed by atoms with Crippen LogP contribution in [0.5, 0.6) is 0 Å². The number of benzene rings is 1. The summed E-state index contributed by atoms with van der Waals surface area (Å²) in [5.74, 6) is 0.597. The van der Waals surface area contributed by atoms with Crippen LogP contribution in [-0.4, -0.2) is 49.1 Å². The van der Waals surface area contributed by atoms with Crippen LogP contribution in [0.2, 0.25) is 0 Å². The summed E-state index contributed by atoms with van der Waals surface area (Å²) < 4.78 is 0. The Balaban J connectivity index is 2.23. The second-order valence-corrected chi connectivity index (χ2v) is 5.99. The summed E-state index contributed by atoms with van der Waals surface area (Å²) in [5, 5.41) is 0. The molecular formula is C16H27N3. The number of hydrogen-bond acceptors (Lipinski definition) is 3. The number of likely N-dealkylation sites (N-methyl/N-ethyl adjacent to an activating group) is 1. The van der Waals surface area contributed by atoms with Gasteiger partial charge in [-0.1, -0.05) is 44.2 Å². The van der Waals surface area contributed by atoms with Gasteiger partial charge in [0.15, 0.2) is 0 Å². The maximum Gasteiger partial charge on any atom is 0.0375 e. The van der Waals surface area contributed by atoms with Gasteiger partial charge in [-0.2, -0.15) is 0 Å². The van der Waals surface area contributed by atoms with Crippen molar-refractivity contribution < 1.29 is 0 Å². The summed E-state index contributed by atoms with van der Waals surface area (Å²) in [7, 11) is 2.19. The van der Waals surface area contributed by atoms with Crippen LogP contribution in [0.15, 0.2) is 30.3 Å². The molecule has 2 unspecified atom stereocenters. The van der Waals surface area contributed by atoms with Crippen LogP contribution in [0.1, 0.15) is 25.5 Å². The molecule has 1 aliphatic rings. The average Bonchev–Trinajstić information content (AvgIpc) is 2.41. The highest BCUT2D eigenvalue weighted by Gasteiger charge is 2.32. The monoisotopic (exact) mass is 261 g/mol. The lowest BCUT2D eigenvalue weighted by Crippen LogP contribution is -2.56. The van der Waals surface area contributed by atoms with Crippen LogP contribution in [0.4, 0.5) is 0 Å². The second-order valence-electron chi connectivity index (χ2n) is 5.99. The third kappa shape index (κ3) is 3.35. The highest BCUT2D eigenvalue weighted by molar-refractivity contribution is 5.20. The van der Waals surface area contributed by atoms with E-state index < -0.39 is 0 Å². The SMILES string of the molecule is CC(C)C(c1ccccc1)N1CCN(C)CC1CN. The molecule has 1 saturated heterocycles. The molecule has 106 valence electrons. The Hall–Kier alpha value is -0.900. The number of rotatable bonds is 4. The molecule has 0 radical (unpaired) electrons. The Bertz CT molecular complexity index is 377. The van der Waals surface area contributed by atoms with Crippen LogP contribution in [0, 0.1) is 5.92 Å². The fourth-order valence-electron chi connectivity index (χ4n) is 3.21. The number of nitrogens with zero attached hydrogens (tertiary/aromatic N) is 2. The Kier molecular flexibility index (Phi) is 4.97. The smallest absolute Gasteiger partial charge is 0.0375 e. The molecule has 0 aliphatic carbocycles. The maximum absolute atomic E-state index is 6.00. The fourth-order valence-corrected chi connectivity index (χ4v) is 3.21. The quantitative estimate of drug-likeness (QED) is 0.899. The first kappa shape index (κ1) is 14.5. The van der Waals surface area contributed by atoms with E-state index in [1.54, 1.807) is 0 Å². The van der Waals surface area contributed by atoms with Crippen molar-refractivity contribution in [2.45, 2.75) is 25.9 Å². The molecule has 0 amide bonds. The summed E-state index contributed by atoms with van der Waals surface area (Å²) >= 11 is 0. The van der Waals surface area contributed by atoms with Crippen LogP contribution in [-0.2, 0) is 0 Å². The Morgan fingerprint density at radius 3 is 2.47 bits per heavy atom. The van der Waals surface area contributed by atoms with E-state index in [1.165, 1.54) is 5.56 Å². The maximum atomic E-state index is 6.00. The van der Waals surface area contributed by atoms with Crippen LogP contribution < -0.4 is 5.73 Å². The van der Waals surface area contributed by atoms with Gasteiger partial charge in [0.1, 0.15) is 0 Å². The standard InChI is InChI=1S/C16H27N3/c1-13(2)16(14-7-5-4-6-8-14)19-10-9-18(3)12-15(19)11-17/h4-8,13,15-16H,9-12,17H2,1-3H3. The van der Waals surface area contributed by atoms with Crippen molar-refractivity contribution in [2.75, 3.05) is 33.2 Å². The van der Waals surface area contributed by atoms with E-state index >= 15 is 0 Å². The molecule has 2 atom stereocenters. The van der Waals surface area contributed by atoms with E-state index in [4.69, 9.17) is 5.73 Å². The molecular weight excluding hydrogens is 234 g/mol. The summed E-state index contributed by atoms with van der Waals surface area (Å²) in [5.41, 5.74) is 7.42. The fraction of sp³-hybridized carbons (Fsp3) is 0.625. The van der Waals surface area contributed by atoms with E-state index in [1.807, 2.05) is 0 Å². The lowest BCUT2D eigenvalue weighted by Gasteiger charge is -2.45. The van der Waals surface area contributed by atoms with Crippen molar-refractivity contribution >= 4 is 0 Å². The lowest BCUT2D eigenvalue weighted by atomic mass is 9.92. The van der Waals surface area contributed by atoms with Crippen LogP contribution in [0.25, 0.3) is 0 Å². The van der Waals surface area contributed by atoms with Gasteiger partial charge in [-0.3, -0.25) is 4.90 Å². The van der Waals surface area contributed by atoms with Crippen molar-refractivity contribution in [3.63, 3.8) is 0 Å². The van der Waals surface area contributed by atoms with E-state index in [0.29, 0.717) is 18.0 Å². The number of hydrogen-bond donors (Lipinski definition) is 1. The zero-order valence-electron chi connectivity index (χ0n) is 12.4. The first-order valence-electron chi connectivity index (χ1n) is 7.32. The lowest BCUT2D eigenvalue weighted by molar-refractivity contribution is 0.0371. The molecule has 3 heteroatoms. The van der Waals surface area contributed by atoms with E-state index in [-0.39, 0.29) is 0 Å². The van der Waals surface area contributed by atoms with Crippen molar-refractivity contribution in [1.29, 1.82) is 0 Å². The Morgan fingerprint density at radius 2 is 1.89 bits per heavy atom. The number of piperazine rings is 1. The van der Waals surface area contributed by atoms with Gasteiger partial charge in [0.25, 0.3) is 0 Å². The zero-order chi connectivity index (χ0) is 13.8. The minimum Gasteiger partial charge on any atom is -0.329 e. The van der Waals surface area contributed by atoms with Crippen LogP contribution in [0.3, 0.4) is 0 Å². The van der Waals surface area contributed by atoms with E-state index in [0.717, 1.165) is 26.2 Å². The molecule has 0 spiro atoms. The molecule has 2 rings (SSSR count). The minimum absolute atomic E-state index is 0.464. The summed E-state index contributed by atoms with van der Waals surface area (Å²) in [6, 6.07) is 11.8. The predicted octanol–water partition coefficient (Wildman–Crippen LogP) is 1.96. The van der Waals surface area contributed by atoms with Crippen molar-refractivity contribution in [1.82, 2.24) is 9.80 Å². The molecule has 19 heavy (non-hydrogen) atoms. The molecule has 2 N–H and O–H groups in total.